The lowest BCUT2D eigenvalue weighted by atomic mass is 10.1. The van der Waals surface area contributed by atoms with Crippen LogP contribution in [0.1, 0.15) is 51.4 Å². The standard InChI is InChI=1S/C28H34N6.C2H6/c1-6-8-22(7-2)20(4)31-28-30-15-13-24(32-28)27-26(23-11-9-19(3)10-12-23)33(5)25-17-21(18-29)14-16-34(25)27;1-2/h6-17,20,25H,18,29H2,1-5H3,(H,30,31,32);1-2H3/b8-6-,22-7+;. The summed E-state index contributed by atoms with van der Waals surface area (Å²) >= 11 is 0. The van der Waals surface area contributed by atoms with Crippen LogP contribution in [0.3, 0.4) is 0 Å². The van der Waals surface area contributed by atoms with Crippen molar-refractivity contribution in [1.29, 1.82) is 0 Å². The number of nitrogens with two attached hydrogens (primary N) is 1. The Hall–Kier alpha value is -3.64. The number of aryl methyl sites for hydroxylation is 1. The summed E-state index contributed by atoms with van der Waals surface area (Å²) in [6.07, 6.45) is 14.5. The zero-order chi connectivity index (χ0) is 26.2. The molecule has 3 heterocycles. The minimum absolute atomic E-state index is 0.0458. The topological polar surface area (TPSA) is 70.3 Å². The van der Waals surface area contributed by atoms with Gasteiger partial charge in [-0.05, 0) is 57.1 Å². The van der Waals surface area contributed by atoms with Gasteiger partial charge in [0.05, 0.1) is 23.1 Å². The van der Waals surface area contributed by atoms with Gasteiger partial charge in [0.1, 0.15) is 6.17 Å². The molecule has 3 N–H and O–H groups in total. The molecule has 4 rings (SSSR count). The maximum atomic E-state index is 5.95. The highest BCUT2D eigenvalue weighted by Crippen LogP contribution is 2.42. The lowest BCUT2D eigenvalue weighted by molar-refractivity contribution is 0.288. The van der Waals surface area contributed by atoms with Gasteiger partial charge in [-0.3, -0.25) is 0 Å². The fraction of sp³-hybridized carbons (Fsp3) is 0.333. The van der Waals surface area contributed by atoms with Gasteiger partial charge >= 0.3 is 0 Å². The lowest BCUT2D eigenvalue weighted by Crippen LogP contribution is -2.36. The van der Waals surface area contributed by atoms with Gasteiger partial charge in [-0.2, -0.15) is 0 Å². The molecule has 36 heavy (non-hydrogen) atoms. The Labute approximate surface area is 216 Å². The van der Waals surface area contributed by atoms with Gasteiger partial charge in [0, 0.05) is 31.6 Å². The summed E-state index contributed by atoms with van der Waals surface area (Å²) in [5.74, 6) is 0.606. The Morgan fingerprint density at radius 2 is 1.86 bits per heavy atom. The van der Waals surface area contributed by atoms with Crippen molar-refractivity contribution in [3.63, 3.8) is 0 Å². The first-order chi connectivity index (χ1) is 17.5. The number of nitrogens with zero attached hydrogens (tertiary/aromatic N) is 4. The van der Waals surface area contributed by atoms with E-state index in [1.807, 2.05) is 46.0 Å². The second-order valence-corrected chi connectivity index (χ2v) is 8.68. The SMILES string of the molecule is C/C=C\C(=C/C)C(C)Nc1nccc(C2=C(c3ccc(C)cc3)N(C)C3C=C(CN)C=CN23)n1.CC. The average Bonchev–Trinajstić information content (AvgIpc) is 3.20. The molecule has 0 amide bonds. The van der Waals surface area contributed by atoms with Crippen LogP contribution in [0.4, 0.5) is 5.95 Å². The molecule has 0 saturated heterocycles. The monoisotopic (exact) mass is 484 g/mol. The van der Waals surface area contributed by atoms with Crippen LogP contribution in [0.15, 0.2) is 84.3 Å². The predicted molar refractivity (Wildman–Crippen MR) is 153 cm³/mol. The molecule has 0 saturated carbocycles. The van der Waals surface area contributed by atoms with Crippen LogP contribution in [0.5, 0.6) is 0 Å². The molecule has 1 aromatic heterocycles. The van der Waals surface area contributed by atoms with Crippen molar-refractivity contribution in [2.75, 3.05) is 18.9 Å². The summed E-state index contributed by atoms with van der Waals surface area (Å²) in [4.78, 5) is 14.0. The molecule has 2 aliphatic rings. The van der Waals surface area contributed by atoms with E-state index < -0.39 is 0 Å². The highest BCUT2D eigenvalue weighted by atomic mass is 15.4. The number of hydrogen-bond acceptors (Lipinski definition) is 6. The fourth-order valence-corrected chi connectivity index (χ4v) is 4.48. The van der Waals surface area contributed by atoms with Gasteiger partial charge < -0.3 is 20.9 Å². The molecule has 0 bridgehead atoms. The van der Waals surface area contributed by atoms with E-state index in [1.54, 1.807) is 0 Å². The third-order valence-corrected chi connectivity index (χ3v) is 6.33. The lowest BCUT2D eigenvalue weighted by Gasteiger charge is -2.31. The van der Waals surface area contributed by atoms with Crippen molar-refractivity contribution in [1.82, 2.24) is 19.8 Å². The minimum Gasteiger partial charge on any atom is -0.348 e. The number of nitrogens with one attached hydrogen (secondary N) is 1. The number of hydrogen-bond donors (Lipinski definition) is 2. The molecule has 190 valence electrons. The third kappa shape index (κ3) is 5.60. The number of aromatic nitrogens is 2. The van der Waals surface area contributed by atoms with E-state index >= 15 is 0 Å². The Kier molecular flexibility index (Phi) is 9.25. The molecule has 0 fully saturated rings. The van der Waals surface area contributed by atoms with Crippen molar-refractivity contribution in [3.8, 4) is 0 Å². The Morgan fingerprint density at radius 3 is 2.50 bits per heavy atom. The quantitative estimate of drug-likeness (QED) is 0.474. The van der Waals surface area contributed by atoms with Crippen LogP contribution in [0.25, 0.3) is 11.4 Å². The van der Waals surface area contributed by atoms with Crippen LogP contribution in [-0.4, -0.2) is 45.6 Å². The number of allylic oxidation sites excluding steroid dienone is 2. The third-order valence-electron chi connectivity index (χ3n) is 6.33. The zero-order valence-corrected chi connectivity index (χ0v) is 22.7. The molecular weight excluding hydrogens is 444 g/mol. The van der Waals surface area contributed by atoms with E-state index in [-0.39, 0.29) is 12.2 Å². The molecule has 2 aliphatic heterocycles. The Bertz CT molecular complexity index is 1190. The van der Waals surface area contributed by atoms with E-state index in [2.05, 4.69) is 95.8 Å². The molecule has 2 unspecified atom stereocenters. The number of fused-ring (bicyclic) bond motifs is 1. The number of rotatable bonds is 7. The van der Waals surface area contributed by atoms with E-state index in [0.29, 0.717) is 12.5 Å². The smallest absolute Gasteiger partial charge is 0.223 e. The minimum atomic E-state index is 0.0458. The number of benzene rings is 1. The zero-order valence-electron chi connectivity index (χ0n) is 22.7. The molecule has 6 heteroatoms. The van der Waals surface area contributed by atoms with E-state index in [0.717, 1.165) is 28.2 Å². The molecule has 0 aliphatic carbocycles. The summed E-state index contributed by atoms with van der Waals surface area (Å²) in [5.41, 5.74) is 13.7. The highest BCUT2D eigenvalue weighted by Gasteiger charge is 2.37. The summed E-state index contributed by atoms with van der Waals surface area (Å²) in [5, 5.41) is 3.46. The summed E-state index contributed by atoms with van der Waals surface area (Å²) in [6, 6.07) is 10.7. The van der Waals surface area contributed by atoms with E-state index in [4.69, 9.17) is 10.7 Å². The predicted octanol–water partition coefficient (Wildman–Crippen LogP) is 5.95. The Balaban J connectivity index is 0.00000176. The first-order valence-corrected chi connectivity index (χ1v) is 12.8. The van der Waals surface area contributed by atoms with Crippen molar-refractivity contribution in [2.24, 2.45) is 5.73 Å². The maximum Gasteiger partial charge on any atom is 0.223 e. The molecule has 6 nitrogen and oxygen atoms in total. The molecule has 2 atom stereocenters. The second kappa shape index (κ2) is 12.4. The van der Waals surface area contributed by atoms with Gasteiger partial charge in [0.2, 0.25) is 5.95 Å². The molecule has 0 spiro atoms. The van der Waals surface area contributed by atoms with Crippen molar-refractivity contribution >= 4 is 17.3 Å². The first-order valence-electron chi connectivity index (χ1n) is 12.8. The average molecular weight is 485 g/mol. The summed E-state index contributed by atoms with van der Waals surface area (Å²) in [7, 11) is 2.13. The van der Waals surface area contributed by atoms with Crippen LogP contribution in [-0.2, 0) is 0 Å². The van der Waals surface area contributed by atoms with E-state index in [9.17, 15) is 0 Å². The first kappa shape index (κ1) is 27.0. The van der Waals surface area contributed by atoms with Crippen LogP contribution in [0, 0.1) is 6.92 Å². The van der Waals surface area contributed by atoms with Crippen molar-refractivity contribution in [3.05, 3.63) is 101 Å². The van der Waals surface area contributed by atoms with Crippen molar-refractivity contribution in [2.45, 2.75) is 53.8 Å². The molecular formula is C30H40N6. The van der Waals surface area contributed by atoms with Gasteiger partial charge in [0.25, 0.3) is 0 Å². The van der Waals surface area contributed by atoms with Crippen LogP contribution >= 0.6 is 0 Å². The number of anilines is 1. The van der Waals surface area contributed by atoms with Crippen molar-refractivity contribution < 1.29 is 0 Å². The van der Waals surface area contributed by atoms with Gasteiger partial charge in [-0.15, -0.1) is 0 Å². The fourth-order valence-electron chi connectivity index (χ4n) is 4.48. The van der Waals surface area contributed by atoms with Crippen LogP contribution < -0.4 is 11.1 Å². The van der Waals surface area contributed by atoms with Gasteiger partial charge in [-0.25, -0.2) is 9.97 Å². The summed E-state index contributed by atoms with van der Waals surface area (Å²) in [6.45, 7) is 12.8. The second-order valence-electron chi connectivity index (χ2n) is 8.68. The largest absolute Gasteiger partial charge is 0.348 e. The normalized spacial score (nSPS) is 18.2. The highest BCUT2D eigenvalue weighted by molar-refractivity contribution is 5.91. The van der Waals surface area contributed by atoms with Crippen LogP contribution in [0.2, 0.25) is 0 Å². The van der Waals surface area contributed by atoms with Gasteiger partial charge in [0.15, 0.2) is 0 Å². The number of likely N-dealkylation sites (N-methyl/N-ethyl adjacent to an activating group) is 1. The van der Waals surface area contributed by atoms with Gasteiger partial charge in [-0.1, -0.05) is 61.9 Å². The molecule has 2 aromatic rings. The maximum absolute atomic E-state index is 5.95. The molecule has 0 radical (unpaired) electrons. The Morgan fingerprint density at radius 1 is 1.14 bits per heavy atom. The van der Waals surface area contributed by atoms with E-state index in [1.165, 1.54) is 11.1 Å². The summed E-state index contributed by atoms with van der Waals surface area (Å²) < 4.78 is 0. The molecule has 1 aromatic carbocycles.